The second-order valence-corrected chi connectivity index (χ2v) is 6.51. The lowest BCUT2D eigenvalue weighted by Crippen LogP contribution is -1.82. The van der Waals surface area contributed by atoms with Crippen molar-refractivity contribution in [3.63, 3.8) is 0 Å². The highest BCUT2D eigenvalue weighted by atomic mass is 16.1. The lowest BCUT2D eigenvalue weighted by atomic mass is 10.1. The van der Waals surface area contributed by atoms with E-state index < -0.39 is 0 Å². The third-order valence-electron chi connectivity index (χ3n) is 4.10. The summed E-state index contributed by atoms with van der Waals surface area (Å²) in [5.41, 5.74) is 0. The van der Waals surface area contributed by atoms with E-state index in [1.165, 1.54) is 83.5 Å². The predicted octanol–water partition coefficient (Wildman–Crippen LogP) is 7.04. The molecular weight excluding hydrogens is 284 g/mol. The Morgan fingerprint density at radius 2 is 0.696 bits per heavy atom. The Morgan fingerprint density at radius 3 is 1.00 bits per heavy atom. The zero-order valence-electron chi connectivity index (χ0n) is 16.0. The van der Waals surface area contributed by atoms with E-state index in [0.29, 0.717) is 0 Å². The molecule has 0 radical (unpaired) electrons. The first-order chi connectivity index (χ1) is 11.3. The van der Waals surface area contributed by atoms with Gasteiger partial charge in [-0.2, -0.15) is 0 Å². The van der Waals surface area contributed by atoms with Crippen LogP contribution in [0.1, 0.15) is 123 Å². The molecule has 0 amide bonds. The van der Waals surface area contributed by atoms with Gasteiger partial charge in [-0.1, -0.05) is 97.3 Å². The molecule has 23 heavy (non-hydrogen) atoms. The van der Waals surface area contributed by atoms with Crippen molar-refractivity contribution < 1.29 is 9.59 Å². The van der Waals surface area contributed by atoms with Crippen molar-refractivity contribution in [3.05, 3.63) is 0 Å². The van der Waals surface area contributed by atoms with Crippen LogP contribution in [-0.2, 0) is 9.59 Å². The molecule has 0 saturated heterocycles. The van der Waals surface area contributed by atoms with Crippen molar-refractivity contribution in [3.8, 4) is 0 Å². The molecule has 0 aliphatic carbocycles. The second kappa shape index (κ2) is 26.2. The molecule has 0 aliphatic heterocycles. The molecule has 0 aromatic carbocycles. The van der Waals surface area contributed by atoms with E-state index in [-0.39, 0.29) is 0 Å². The maximum absolute atomic E-state index is 10.1. The van der Waals surface area contributed by atoms with Crippen LogP contribution in [0.15, 0.2) is 0 Å². The van der Waals surface area contributed by atoms with Crippen LogP contribution in [0.4, 0.5) is 0 Å². The highest BCUT2D eigenvalue weighted by Crippen LogP contribution is 2.11. The minimum atomic E-state index is 0.750. The van der Waals surface area contributed by atoms with Crippen LogP contribution in [0.5, 0.6) is 0 Å². The minimum Gasteiger partial charge on any atom is -0.303 e. The maximum atomic E-state index is 10.1. The van der Waals surface area contributed by atoms with Crippen LogP contribution >= 0.6 is 0 Å². The van der Waals surface area contributed by atoms with Gasteiger partial charge < -0.3 is 9.59 Å². The van der Waals surface area contributed by atoms with Gasteiger partial charge >= 0.3 is 0 Å². The van der Waals surface area contributed by atoms with Gasteiger partial charge in [-0.3, -0.25) is 0 Å². The van der Waals surface area contributed by atoms with E-state index in [1.54, 1.807) is 0 Å². The molecule has 138 valence electrons. The molecule has 0 rings (SSSR count). The summed E-state index contributed by atoms with van der Waals surface area (Å²) in [6.45, 7) is 4.43. The van der Waals surface area contributed by atoms with Crippen LogP contribution in [0.3, 0.4) is 0 Å². The average molecular weight is 327 g/mol. The number of hydrogen-bond acceptors (Lipinski definition) is 2. The summed E-state index contributed by atoms with van der Waals surface area (Å²) in [6, 6.07) is 0. The first kappa shape index (κ1) is 24.6. The van der Waals surface area contributed by atoms with Crippen LogP contribution in [0, 0.1) is 0 Å². The van der Waals surface area contributed by atoms with Gasteiger partial charge in [-0.15, -0.1) is 0 Å². The van der Waals surface area contributed by atoms with E-state index in [2.05, 4.69) is 13.8 Å². The summed E-state index contributed by atoms with van der Waals surface area (Å²) in [4.78, 5) is 19.8. The molecule has 0 bridgehead atoms. The van der Waals surface area contributed by atoms with E-state index in [4.69, 9.17) is 0 Å². The summed E-state index contributed by atoms with van der Waals surface area (Å²) in [5, 5.41) is 0. The molecule has 0 aromatic heterocycles. The lowest BCUT2D eigenvalue weighted by Gasteiger charge is -2.01. The monoisotopic (exact) mass is 326 g/mol. The number of unbranched alkanes of at least 4 members (excludes halogenated alkanes) is 15. The molecule has 0 fully saturated rings. The number of rotatable bonds is 17. The van der Waals surface area contributed by atoms with Crippen molar-refractivity contribution in [1.82, 2.24) is 0 Å². The fraction of sp³-hybridized carbons (Fsp3) is 0.905. The van der Waals surface area contributed by atoms with Crippen LogP contribution < -0.4 is 0 Å². The van der Waals surface area contributed by atoms with Crippen molar-refractivity contribution >= 4 is 12.6 Å². The molecule has 0 saturated carbocycles. The molecule has 2 nitrogen and oxygen atoms in total. The van der Waals surface area contributed by atoms with Crippen molar-refractivity contribution in [2.45, 2.75) is 123 Å². The average Bonchev–Trinajstić information content (AvgIpc) is 2.57. The standard InChI is InChI=1S/C14H28O.C7H14O/c1-2-3-4-5-6-7-8-9-10-11-12-13-14-15;1-2-3-4-5-6-7-8/h14H,2-13H2,1H3;7H,2-6H2,1H3. The molecule has 0 unspecified atom stereocenters. The summed E-state index contributed by atoms with van der Waals surface area (Å²) >= 11 is 0. The highest BCUT2D eigenvalue weighted by Gasteiger charge is 1.92. The van der Waals surface area contributed by atoms with Gasteiger partial charge in [0.2, 0.25) is 0 Å². The van der Waals surface area contributed by atoms with E-state index in [9.17, 15) is 9.59 Å². The zero-order chi connectivity index (χ0) is 17.4. The Kier molecular flexibility index (Phi) is 28.1. The molecule has 2 heteroatoms. The molecule has 0 heterocycles. The largest absolute Gasteiger partial charge is 0.303 e. The lowest BCUT2D eigenvalue weighted by molar-refractivity contribution is -0.108. The fourth-order valence-electron chi connectivity index (χ4n) is 2.55. The molecule has 0 aromatic rings. The van der Waals surface area contributed by atoms with Crippen molar-refractivity contribution in [1.29, 1.82) is 0 Å². The Hall–Kier alpha value is -0.660. The number of carbonyl (C=O) groups is 2. The van der Waals surface area contributed by atoms with Gasteiger partial charge in [0.1, 0.15) is 12.6 Å². The molecule has 0 N–H and O–H groups in total. The summed E-state index contributed by atoms with van der Waals surface area (Å²) < 4.78 is 0. The van der Waals surface area contributed by atoms with Gasteiger partial charge in [0.15, 0.2) is 0 Å². The third kappa shape index (κ3) is 29.9. The Bertz CT molecular complexity index is 214. The van der Waals surface area contributed by atoms with Crippen LogP contribution in [0.2, 0.25) is 0 Å². The highest BCUT2D eigenvalue weighted by molar-refractivity contribution is 5.49. The minimum absolute atomic E-state index is 0.750. The Labute approximate surface area is 145 Å². The number of hydrogen-bond donors (Lipinski definition) is 0. The van der Waals surface area contributed by atoms with Crippen molar-refractivity contribution in [2.75, 3.05) is 0 Å². The summed E-state index contributed by atoms with van der Waals surface area (Å²) in [7, 11) is 0. The van der Waals surface area contributed by atoms with Gasteiger partial charge in [-0.05, 0) is 12.8 Å². The Balaban J connectivity index is 0. The summed E-state index contributed by atoms with van der Waals surface area (Å²) in [5.74, 6) is 0. The topological polar surface area (TPSA) is 34.1 Å². The summed E-state index contributed by atoms with van der Waals surface area (Å²) in [6.07, 6.45) is 23.2. The van der Waals surface area contributed by atoms with E-state index >= 15 is 0 Å². The second-order valence-electron chi connectivity index (χ2n) is 6.51. The first-order valence-corrected chi connectivity index (χ1v) is 10.2. The normalized spacial score (nSPS) is 10.0. The van der Waals surface area contributed by atoms with Gasteiger partial charge in [0.25, 0.3) is 0 Å². The molecule has 0 aliphatic rings. The third-order valence-corrected chi connectivity index (χ3v) is 4.10. The number of carbonyl (C=O) groups excluding carboxylic acids is 2. The first-order valence-electron chi connectivity index (χ1n) is 10.2. The smallest absolute Gasteiger partial charge is 0.119 e. The van der Waals surface area contributed by atoms with E-state index in [1.807, 2.05) is 0 Å². The Morgan fingerprint density at radius 1 is 0.435 bits per heavy atom. The molecular formula is C21H42O2. The quantitative estimate of drug-likeness (QED) is 0.212. The van der Waals surface area contributed by atoms with Crippen LogP contribution in [-0.4, -0.2) is 12.6 Å². The molecule has 0 atom stereocenters. The van der Waals surface area contributed by atoms with Gasteiger partial charge in [0, 0.05) is 12.8 Å². The van der Waals surface area contributed by atoms with Crippen LogP contribution in [0.25, 0.3) is 0 Å². The fourth-order valence-corrected chi connectivity index (χ4v) is 2.55. The van der Waals surface area contributed by atoms with Gasteiger partial charge in [0.05, 0.1) is 0 Å². The maximum Gasteiger partial charge on any atom is 0.119 e. The van der Waals surface area contributed by atoms with Gasteiger partial charge in [-0.25, -0.2) is 0 Å². The van der Waals surface area contributed by atoms with E-state index in [0.717, 1.165) is 38.3 Å². The number of aldehydes is 2. The SMILES string of the molecule is CCCCCCC=O.CCCCCCCCCCCCCC=O. The van der Waals surface area contributed by atoms with Crippen molar-refractivity contribution in [2.24, 2.45) is 0 Å². The predicted molar refractivity (Wildman–Crippen MR) is 102 cm³/mol. The zero-order valence-corrected chi connectivity index (χ0v) is 16.0. The molecule has 0 spiro atoms.